The molecule has 0 aromatic heterocycles. The minimum Gasteiger partial charge on any atom is -0.497 e. The highest BCUT2D eigenvalue weighted by Gasteiger charge is 2.36. The highest BCUT2D eigenvalue weighted by atomic mass is 16.5. The van der Waals surface area contributed by atoms with Crippen LogP contribution in [-0.4, -0.2) is 12.9 Å². The smallest absolute Gasteiger partial charge is 0.163 e. The van der Waals surface area contributed by atoms with E-state index in [1.807, 2.05) is 30.3 Å². The van der Waals surface area contributed by atoms with Crippen molar-refractivity contribution in [2.75, 3.05) is 17.7 Å². The van der Waals surface area contributed by atoms with E-state index in [0.717, 1.165) is 46.8 Å². The highest BCUT2D eigenvalue weighted by Crippen LogP contribution is 2.44. The number of nitrogens with one attached hydrogen (secondary N) is 2. The average Bonchev–Trinajstić information content (AvgIpc) is 3.01. The molecule has 4 nitrogen and oxygen atoms in total. The van der Waals surface area contributed by atoms with Gasteiger partial charge in [-0.2, -0.15) is 0 Å². The molecule has 3 aromatic rings. The average molecular weight is 425 g/mol. The van der Waals surface area contributed by atoms with E-state index in [1.165, 1.54) is 11.1 Å². The molecule has 0 saturated carbocycles. The first-order chi connectivity index (χ1) is 15.7. The Kier molecular flexibility index (Phi) is 5.44. The van der Waals surface area contributed by atoms with E-state index in [-0.39, 0.29) is 17.7 Å². The topological polar surface area (TPSA) is 50.4 Å². The number of fused-ring (bicyclic) bond motifs is 1. The maximum Gasteiger partial charge on any atom is 0.163 e. The Balaban J connectivity index is 1.58. The summed E-state index contributed by atoms with van der Waals surface area (Å²) in [6.07, 6.45) is 2.35. The van der Waals surface area contributed by atoms with Crippen LogP contribution in [0.3, 0.4) is 0 Å². The van der Waals surface area contributed by atoms with Crippen LogP contribution in [0.5, 0.6) is 5.75 Å². The van der Waals surface area contributed by atoms with Crippen molar-refractivity contribution in [3.63, 3.8) is 0 Å². The van der Waals surface area contributed by atoms with Crippen molar-refractivity contribution in [1.29, 1.82) is 0 Å². The molecule has 3 aromatic carbocycles. The number of anilines is 2. The van der Waals surface area contributed by atoms with Gasteiger partial charge in [0.2, 0.25) is 0 Å². The fourth-order valence-corrected chi connectivity index (χ4v) is 4.82. The molecule has 2 aliphatic rings. The minimum atomic E-state index is -0.229. The third kappa shape index (κ3) is 3.77. The molecule has 32 heavy (non-hydrogen) atoms. The molecule has 0 amide bonds. The van der Waals surface area contributed by atoms with Gasteiger partial charge in [-0.3, -0.25) is 4.79 Å². The van der Waals surface area contributed by atoms with Gasteiger partial charge in [0, 0.05) is 17.7 Å². The molecule has 2 unspecified atom stereocenters. The molecule has 1 aliphatic carbocycles. The SMILES string of the molecule is CCc1ccc(C2CC(=O)C3=C(C2)Nc2ccccc2NC3c2cccc(OC)c2)cc1. The summed E-state index contributed by atoms with van der Waals surface area (Å²) >= 11 is 0. The van der Waals surface area contributed by atoms with Crippen LogP contribution in [0, 0.1) is 0 Å². The van der Waals surface area contributed by atoms with Gasteiger partial charge < -0.3 is 15.4 Å². The van der Waals surface area contributed by atoms with Gasteiger partial charge in [0.25, 0.3) is 0 Å². The molecule has 162 valence electrons. The van der Waals surface area contributed by atoms with Gasteiger partial charge in [0.15, 0.2) is 5.78 Å². The van der Waals surface area contributed by atoms with Crippen molar-refractivity contribution >= 4 is 17.2 Å². The number of hydrogen-bond acceptors (Lipinski definition) is 4. The molecule has 0 spiro atoms. The Morgan fingerprint density at radius 2 is 1.69 bits per heavy atom. The first-order valence-electron chi connectivity index (χ1n) is 11.3. The maximum absolute atomic E-state index is 13.6. The van der Waals surface area contributed by atoms with Crippen LogP contribution >= 0.6 is 0 Å². The summed E-state index contributed by atoms with van der Waals surface area (Å²) in [5, 5.41) is 7.24. The Morgan fingerprint density at radius 3 is 2.44 bits per heavy atom. The van der Waals surface area contributed by atoms with Gasteiger partial charge in [-0.05, 0) is 59.7 Å². The number of allylic oxidation sites excluding steroid dienone is 1. The predicted octanol–water partition coefficient (Wildman–Crippen LogP) is 6.24. The number of ether oxygens (including phenoxy) is 1. The van der Waals surface area contributed by atoms with E-state index in [2.05, 4.69) is 60.0 Å². The van der Waals surface area contributed by atoms with Crippen LogP contribution in [0.2, 0.25) is 0 Å². The standard InChI is InChI=1S/C28H28N2O2/c1-3-18-11-13-19(14-12-18)21-16-25-27(26(31)17-21)28(20-7-6-8-22(15-20)32-2)30-24-10-5-4-9-23(24)29-25/h4-15,21,28-30H,3,16-17H2,1-2H3. The summed E-state index contributed by atoms with van der Waals surface area (Å²) < 4.78 is 5.46. The largest absolute Gasteiger partial charge is 0.497 e. The molecule has 4 heteroatoms. The highest BCUT2D eigenvalue weighted by molar-refractivity contribution is 6.01. The first kappa shape index (κ1) is 20.4. The zero-order valence-electron chi connectivity index (χ0n) is 18.5. The number of para-hydroxylation sites is 2. The monoisotopic (exact) mass is 424 g/mol. The number of aryl methyl sites for hydroxylation is 1. The summed E-state index contributed by atoms with van der Waals surface area (Å²) in [4.78, 5) is 13.6. The van der Waals surface area contributed by atoms with E-state index in [9.17, 15) is 4.79 Å². The summed E-state index contributed by atoms with van der Waals surface area (Å²) in [5.41, 5.74) is 7.40. The van der Waals surface area contributed by atoms with Gasteiger partial charge in [-0.1, -0.05) is 55.5 Å². The normalized spacial score (nSPS) is 19.9. The second kappa shape index (κ2) is 8.54. The number of carbonyl (C=O) groups is 1. The van der Waals surface area contributed by atoms with Gasteiger partial charge in [-0.25, -0.2) is 0 Å². The van der Waals surface area contributed by atoms with Crippen LogP contribution in [-0.2, 0) is 11.2 Å². The molecule has 2 N–H and O–H groups in total. The fourth-order valence-electron chi connectivity index (χ4n) is 4.82. The van der Waals surface area contributed by atoms with E-state index in [4.69, 9.17) is 4.74 Å². The van der Waals surface area contributed by atoms with Crippen LogP contribution < -0.4 is 15.4 Å². The van der Waals surface area contributed by atoms with Crippen molar-refractivity contribution < 1.29 is 9.53 Å². The van der Waals surface area contributed by atoms with Crippen LogP contribution in [0.1, 0.15) is 48.4 Å². The third-order valence-electron chi connectivity index (χ3n) is 6.60. The number of hydrogen-bond donors (Lipinski definition) is 2. The number of rotatable bonds is 4. The van der Waals surface area contributed by atoms with Gasteiger partial charge in [0.05, 0.1) is 24.5 Å². The Labute approximate surface area is 189 Å². The van der Waals surface area contributed by atoms with Gasteiger partial charge >= 0.3 is 0 Å². The van der Waals surface area contributed by atoms with Crippen molar-refractivity contribution in [1.82, 2.24) is 0 Å². The summed E-state index contributed by atoms with van der Waals surface area (Å²) in [5.74, 6) is 1.15. The Morgan fingerprint density at radius 1 is 0.906 bits per heavy atom. The molecular formula is C28H28N2O2. The van der Waals surface area contributed by atoms with E-state index >= 15 is 0 Å². The summed E-state index contributed by atoms with van der Waals surface area (Å²) in [6.45, 7) is 2.16. The van der Waals surface area contributed by atoms with E-state index in [0.29, 0.717) is 6.42 Å². The van der Waals surface area contributed by atoms with Crippen LogP contribution in [0.25, 0.3) is 0 Å². The zero-order chi connectivity index (χ0) is 22.1. The lowest BCUT2D eigenvalue weighted by Crippen LogP contribution is -2.26. The quantitative estimate of drug-likeness (QED) is 0.521. The first-order valence-corrected chi connectivity index (χ1v) is 11.3. The predicted molar refractivity (Wildman–Crippen MR) is 129 cm³/mol. The third-order valence-corrected chi connectivity index (χ3v) is 6.60. The summed E-state index contributed by atoms with van der Waals surface area (Å²) in [6, 6.07) is 24.6. The second-order valence-corrected chi connectivity index (χ2v) is 8.54. The van der Waals surface area contributed by atoms with Crippen LogP contribution in [0.4, 0.5) is 11.4 Å². The molecule has 0 fully saturated rings. The molecule has 1 aliphatic heterocycles. The Bertz CT molecular complexity index is 1180. The maximum atomic E-state index is 13.6. The van der Waals surface area contributed by atoms with Crippen molar-refractivity contribution in [2.45, 2.75) is 38.1 Å². The number of methoxy groups -OCH3 is 1. The molecule has 1 heterocycles. The van der Waals surface area contributed by atoms with Crippen LogP contribution in [0.15, 0.2) is 84.1 Å². The zero-order valence-corrected chi connectivity index (χ0v) is 18.5. The second-order valence-electron chi connectivity index (χ2n) is 8.54. The number of benzene rings is 3. The van der Waals surface area contributed by atoms with Gasteiger partial charge in [-0.15, -0.1) is 0 Å². The fraction of sp³-hybridized carbons (Fsp3) is 0.250. The van der Waals surface area contributed by atoms with E-state index in [1.54, 1.807) is 7.11 Å². The Hall–Kier alpha value is -3.53. The molecule has 0 saturated heterocycles. The lowest BCUT2D eigenvalue weighted by molar-refractivity contribution is -0.116. The lowest BCUT2D eigenvalue weighted by atomic mass is 9.78. The van der Waals surface area contributed by atoms with Crippen molar-refractivity contribution in [3.8, 4) is 5.75 Å². The molecular weight excluding hydrogens is 396 g/mol. The lowest BCUT2D eigenvalue weighted by Gasteiger charge is -2.30. The molecule has 0 bridgehead atoms. The number of ketones is 1. The molecule has 5 rings (SSSR count). The number of carbonyl (C=O) groups excluding carboxylic acids is 1. The summed E-state index contributed by atoms with van der Waals surface area (Å²) in [7, 11) is 1.67. The molecule has 0 radical (unpaired) electrons. The minimum absolute atomic E-state index is 0.177. The van der Waals surface area contributed by atoms with Crippen molar-refractivity contribution in [3.05, 3.63) is 101 Å². The van der Waals surface area contributed by atoms with E-state index < -0.39 is 0 Å². The van der Waals surface area contributed by atoms with Crippen molar-refractivity contribution in [2.24, 2.45) is 0 Å². The molecule has 2 atom stereocenters. The van der Waals surface area contributed by atoms with Gasteiger partial charge in [0.1, 0.15) is 5.75 Å². The number of Topliss-reactive ketones (excluding diaryl/α,β-unsaturated/α-hetero) is 1.